The number of carbonyl (C=O) groups is 4. The first kappa shape index (κ1) is 14.3. The molecular weight excluding hydrogens is 295 g/mol. The minimum atomic E-state index is -1.14. The summed E-state index contributed by atoms with van der Waals surface area (Å²) in [4.78, 5) is 48.3. The molecule has 2 aliphatic heterocycles. The lowest BCUT2D eigenvalue weighted by atomic mass is 10.0. The van der Waals surface area contributed by atoms with Gasteiger partial charge in [-0.2, -0.15) is 0 Å². The first-order valence-corrected chi connectivity index (χ1v) is 6.59. The molecule has 1 aromatic carbocycles. The predicted molar refractivity (Wildman–Crippen MR) is 69.0 cm³/mol. The van der Waals surface area contributed by atoms with E-state index in [0.29, 0.717) is 4.90 Å². The van der Waals surface area contributed by atoms with Crippen molar-refractivity contribution in [3.63, 3.8) is 0 Å². The molecule has 2 aliphatic rings. The zero-order valence-corrected chi connectivity index (χ0v) is 11.3. The highest BCUT2D eigenvalue weighted by molar-refractivity contribution is 6.23. The fourth-order valence-electron chi connectivity index (χ4n) is 2.69. The van der Waals surface area contributed by atoms with Gasteiger partial charge in [0.1, 0.15) is 11.9 Å². The van der Waals surface area contributed by atoms with Crippen LogP contribution in [0.25, 0.3) is 0 Å². The Morgan fingerprint density at radius 1 is 1.23 bits per heavy atom. The van der Waals surface area contributed by atoms with Crippen LogP contribution in [0, 0.1) is 5.82 Å². The molecule has 4 amide bonds. The van der Waals surface area contributed by atoms with Crippen molar-refractivity contribution in [2.75, 3.05) is 0 Å². The lowest BCUT2D eigenvalue weighted by Gasteiger charge is -2.27. The summed E-state index contributed by atoms with van der Waals surface area (Å²) in [5, 5.41) is 11.1. The molecule has 0 saturated carbocycles. The van der Waals surface area contributed by atoms with Crippen molar-refractivity contribution >= 4 is 23.6 Å². The molecule has 8 heteroatoms. The average Bonchev–Trinajstić information content (AvgIpc) is 2.72. The number of halogens is 1. The zero-order valence-electron chi connectivity index (χ0n) is 11.3. The van der Waals surface area contributed by atoms with Crippen molar-refractivity contribution in [1.29, 1.82) is 0 Å². The van der Waals surface area contributed by atoms with Gasteiger partial charge >= 0.3 is 0 Å². The number of benzene rings is 1. The Morgan fingerprint density at radius 3 is 2.59 bits per heavy atom. The smallest absolute Gasteiger partial charge is 0.265 e. The first-order chi connectivity index (χ1) is 10.4. The highest BCUT2D eigenvalue weighted by Gasteiger charge is 2.46. The van der Waals surface area contributed by atoms with Gasteiger partial charge in [-0.3, -0.25) is 29.4 Å². The second kappa shape index (κ2) is 4.99. The predicted octanol–water partition coefficient (Wildman–Crippen LogP) is -0.281. The monoisotopic (exact) mass is 306 g/mol. The average molecular weight is 306 g/mol. The summed E-state index contributed by atoms with van der Waals surface area (Å²) in [6, 6.07) is 1.06. The van der Waals surface area contributed by atoms with Crippen molar-refractivity contribution in [3.05, 3.63) is 34.6 Å². The van der Waals surface area contributed by atoms with E-state index in [1.54, 1.807) is 0 Å². The van der Waals surface area contributed by atoms with Gasteiger partial charge in [0.2, 0.25) is 11.8 Å². The van der Waals surface area contributed by atoms with Crippen molar-refractivity contribution in [1.82, 2.24) is 10.2 Å². The quantitative estimate of drug-likeness (QED) is 0.731. The van der Waals surface area contributed by atoms with Gasteiger partial charge in [0.15, 0.2) is 0 Å². The normalized spacial score (nSPS) is 21.2. The van der Waals surface area contributed by atoms with Crippen LogP contribution >= 0.6 is 0 Å². The molecule has 7 nitrogen and oxygen atoms in total. The van der Waals surface area contributed by atoms with E-state index in [1.807, 2.05) is 0 Å². The largest absolute Gasteiger partial charge is 0.392 e. The fourth-order valence-corrected chi connectivity index (χ4v) is 2.69. The van der Waals surface area contributed by atoms with E-state index in [1.165, 1.54) is 6.07 Å². The van der Waals surface area contributed by atoms with Gasteiger partial charge in [0.25, 0.3) is 11.8 Å². The molecule has 0 spiro atoms. The first-order valence-electron chi connectivity index (χ1n) is 6.59. The fraction of sp³-hybridized carbons (Fsp3) is 0.286. The standard InChI is InChI=1S/C14H11FN2O5/c15-8-4-6(5-18)3-7-11(8)14(22)17(13(7)21)9-1-2-10(19)16-12(9)20/h3-4,9,18H,1-2,5H2,(H,16,19,20). The number of fused-ring (bicyclic) bond motifs is 1. The molecular formula is C14H11FN2O5. The van der Waals surface area contributed by atoms with Gasteiger partial charge in [0, 0.05) is 6.42 Å². The van der Waals surface area contributed by atoms with Crippen LogP contribution in [0.3, 0.4) is 0 Å². The molecule has 2 heterocycles. The lowest BCUT2D eigenvalue weighted by molar-refractivity contribution is -0.136. The highest BCUT2D eigenvalue weighted by Crippen LogP contribution is 2.30. The van der Waals surface area contributed by atoms with Gasteiger partial charge in [-0.05, 0) is 24.1 Å². The number of carbonyl (C=O) groups excluding carboxylic acids is 4. The molecule has 3 rings (SSSR count). The third-order valence-electron chi connectivity index (χ3n) is 3.74. The number of piperidine rings is 1. The topological polar surface area (TPSA) is 104 Å². The molecule has 2 N–H and O–H groups in total. The van der Waals surface area contributed by atoms with Crippen molar-refractivity contribution in [2.45, 2.75) is 25.5 Å². The van der Waals surface area contributed by atoms with Crippen LogP contribution in [0.1, 0.15) is 39.1 Å². The van der Waals surface area contributed by atoms with E-state index < -0.39 is 47.7 Å². The van der Waals surface area contributed by atoms with Crippen LogP contribution in [0.4, 0.5) is 4.39 Å². The molecule has 0 radical (unpaired) electrons. The van der Waals surface area contributed by atoms with Crippen molar-refractivity contribution < 1.29 is 28.7 Å². The minimum absolute atomic E-state index is 0.00457. The molecule has 1 fully saturated rings. The van der Waals surface area contributed by atoms with Gasteiger partial charge in [-0.15, -0.1) is 0 Å². The van der Waals surface area contributed by atoms with E-state index in [2.05, 4.69) is 5.32 Å². The molecule has 22 heavy (non-hydrogen) atoms. The third-order valence-corrected chi connectivity index (χ3v) is 3.74. The number of aliphatic hydroxyl groups is 1. The Balaban J connectivity index is 2.02. The third kappa shape index (κ3) is 2.00. The van der Waals surface area contributed by atoms with Crippen LogP contribution in [0.2, 0.25) is 0 Å². The maximum atomic E-state index is 14.0. The van der Waals surface area contributed by atoms with Gasteiger partial charge < -0.3 is 5.11 Å². The van der Waals surface area contributed by atoms with Crippen LogP contribution in [-0.2, 0) is 16.2 Å². The number of nitrogens with zero attached hydrogens (tertiary/aromatic N) is 1. The van der Waals surface area contributed by atoms with E-state index >= 15 is 0 Å². The Labute approximate surface area is 123 Å². The summed E-state index contributed by atoms with van der Waals surface area (Å²) in [5.41, 5.74) is -0.437. The van der Waals surface area contributed by atoms with Gasteiger partial charge in [0.05, 0.1) is 17.7 Å². The summed E-state index contributed by atoms with van der Waals surface area (Å²) in [5.74, 6) is -3.87. The molecule has 1 saturated heterocycles. The molecule has 1 unspecified atom stereocenters. The van der Waals surface area contributed by atoms with E-state index in [0.717, 1.165) is 6.07 Å². The maximum Gasteiger partial charge on any atom is 0.265 e. The Bertz CT molecular complexity index is 730. The number of aliphatic hydroxyl groups excluding tert-OH is 1. The van der Waals surface area contributed by atoms with Crippen LogP contribution < -0.4 is 5.32 Å². The maximum absolute atomic E-state index is 14.0. The molecule has 0 aliphatic carbocycles. The number of hydrogen-bond acceptors (Lipinski definition) is 5. The summed E-state index contributed by atoms with van der Waals surface area (Å²) < 4.78 is 14.0. The van der Waals surface area contributed by atoms with Gasteiger partial charge in [-0.25, -0.2) is 4.39 Å². The summed E-state index contributed by atoms with van der Waals surface area (Å²) in [7, 11) is 0. The molecule has 0 bridgehead atoms. The summed E-state index contributed by atoms with van der Waals surface area (Å²) in [6.07, 6.45) is -0.00119. The highest BCUT2D eigenvalue weighted by atomic mass is 19.1. The van der Waals surface area contributed by atoms with Crippen molar-refractivity contribution in [2.24, 2.45) is 0 Å². The minimum Gasteiger partial charge on any atom is -0.392 e. The zero-order chi connectivity index (χ0) is 16.0. The van der Waals surface area contributed by atoms with Crippen LogP contribution in [0.5, 0.6) is 0 Å². The second-order valence-corrected chi connectivity index (χ2v) is 5.11. The number of hydrogen-bond donors (Lipinski definition) is 2. The van der Waals surface area contributed by atoms with Gasteiger partial charge in [-0.1, -0.05) is 0 Å². The molecule has 1 atom stereocenters. The Hall–Kier alpha value is -2.61. The van der Waals surface area contributed by atoms with E-state index in [-0.39, 0.29) is 24.0 Å². The number of rotatable bonds is 2. The second-order valence-electron chi connectivity index (χ2n) is 5.11. The summed E-state index contributed by atoms with van der Waals surface area (Å²) >= 11 is 0. The van der Waals surface area contributed by atoms with E-state index in [9.17, 15) is 23.6 Å². The van der Waals surface area contributed by atoms with E-state index in [4.69, 9.17) is 5.11 Å². The SMILES string of the molecule is O=C1CCC(N2C(=O)c3cc(CO)cc(F)c3C2=O)C(=O)N1. The Kier molecular flexibility index (Phi) is 3.25. The number of imide groups is 2. The lowest BCUT2D eigenvalue weighted by Crippen LogP contribution is -2.54. The summed E-state index contributed by atoms with van der Waals surface area (Å²) in [6.45, 7) is -0.482. The van der Waals surface area contributed by atoms with Crippen molar-refractivity contribution in [3.8, 4) is 0 Å². The molecule has 1 aromatic rings. The molecule has 114 valence electrons. The number of nitrogens with one attached hydrogen (secondary N) is 1. The van der Waals surface area contributed by atoms with Crippen LogP contribution in [0.15, 0.2) is 12.1 Å². The van der Waals surface area contributed by atoms with Crippen LogP contribution in [-0.4, -0.2) is 39.7 Å². The number of amides is 4. The Morgan fingerprint density at radius 2 is 1.95 bits per heavy atom. The molecule has 0 aromatic heterocycles.